The van der Waals surface area contributed by atoms with Crippen LogP contribution in [0.25, 0.3) is 11.6 Å². The zero-order valence-electron chi connectivity index (χ0n) is 13.6. The van der Waals surface area contributed by atoms with Gasteiger partial charge in [-0.3, -0.25) is 0 Å². The van der Waals surface area contributed by atoms with Crippen molar-refractivity contribution in [3.63, 3.8) is 0 Å². The number of carboxylic acid groups (broad SMARTS) is 1. The van der Waals surface area contributed by atoms with Crippen LogP contribution in [0, 0.1) is 0 Å². The van der Waals surface area contributed by atoms with E-state index in [4.69, 9.17) is 5.11 Å². The first-order valence-corrected chi connectivity index (χ1v) is 8.65. The van der Waals surface area contributed by atoms with Gasteiger partial charge in [0, 0.05) is 16.1 Å². The van der Waals surface area contributed by atoms with Crippen LogP contribution in [0.4, 0.5) is 0 Å². The van der Waals surface area contributed by atoms with E-state index in [2.05, 4.69) is 45.0 Å². The van der Waals surface area contributed by atoms with Gasteiger partial charge in [0.05, 0.1) is 5.56 Å². The zero-order valence-corrected chi connectivity index (χ0v) is 14.4. The third kappa shape index (κ3) is 3.20. The molecule has 1 aliphatic heterocycles. The van der Waals surface area contributed by atoms with Crippen molar-refractivity contribution in [1.29, 1.82) is 0 Å². The van der Waals surface area contributed by atoms with Crippen LogP contribution in [0.15, 0.2) is 47.4 Å². The van der Waals surface area contributed by atoms with Crippen LogP contribution in [-0.4, -0.2) is 16.8 Å². The van der Waals surface area contributed by atoms with Gasteiger partial charge < -0.3 is 5.11 Å². The number of hydrogen-bond acceptors (Lipinski definition) is 2. The maximum Gasteiger partial charge on any atom is 0.335 e. The minimum atomic E-state index is -0.893. The monoisotopic (exact) mass is 324 g/mol. The lowest BCUT2D eigenvalue weighted by Crippen LogP contribution is -2.15. The molecule has 0 radical (unpaired) electrons. The van der Waals surface area contributed by atoms with Gasteiger partial charge in [-0.05, 0) is 53.5 Å². The van der Waals surface area contributed by atoms with E-state index in [0.29, 0.717) is 5.56 Å². The maximum atomic E-state index is 10.9. The molecule has 2 aromatic rings. The summed E-state index contributed by atoms with van der Waals surface area (Å²) >= 11 is 1.93. The second-order valence-electron chi connectivity index (χ2n) is 6.64. The van der Waals surface area contributed by atoms with Gasteiger partial charge in [0.2, 0.25) is 0 Å². The largest absolute Gasteiger partial charge is 0.478 e. The van der Waals surface area contributed by atoms with Gasteiger partial charge in [-0.2, -0.15) is 0 Å². The lowest BCUT2D eigenvalue weighted by molar-refractivity contribution is 0.0697. The summed E-state index contributed by atoms with van der Waals surface area (Å²) < 4.78 is 0. The molecule has 2 aromatic carbocycles. The number of aromatic carboxylic acids is 1. The van der Waals surface area contributed by atoms with Gasteiger partial charge in [-0.15, -0.1) is 11.8 Å². The summed E-state index contributed by atoms with van der Waals surface area (Å²) in [6.07, 6.45) is 2.10. The van der Waals surface area contributed by atoms with Crippen molar-refractivity contribution in [2.45, 2.75) is 31.1 Å². The number of thioether (sulfide) groups is 1. The Balaban J connectivity index is 1.91. The SMILES string of the molecule is C/C(=C\c1ccc(C(=O)O)cc1)c1ccc2c(c1)C(C)(C)CS2. The molecular weight excluding hydrogens is 304 g/mol. The molecule has 0 saturated carbocycles. The van der Waals surface area contributed by atoms with E-state index in [-0.39, 0.29) is 5.41 Å². The quantitative estimate of drug-likeness (QED) is 0.776. The van der Waals surface area contributed by atoms with E-state index < -0.39 is 5.97 Å². The van der Waals surface area contributed by atoms with Gasteiger partial charge in [-0.25, -0.2) is 4.79 Å². The average Bonchev–Trinajstić information content (AvgIpc) is 2.83. The van der Waals surface area contributed by atoms with Gasteiger partial charge in [0.25, 0.3) is 0 Å². The Bertz CT molecular complexity index is 786. The molecule has 0 spiro atoms. The first-order valence-electron chi connectivity index (χ1n) is 7.66. The van der Waals surface area contributed by atoms with Crippen molar-refractivity contribution >= 4 is 29.4 Å². The number of hydrogen-bond donors (Lipinski definition) is 1. The smallest absolute Gasteiger partial charge is 0.335 e. The molecule has 23 heavy (non-hydrogen) atoms. The Hall–Kier alpha value is -2.00. The molecule has 118 valence electrons. The van der Waals surface area contributed by atoms with Crippen LogP contribution in [0.1, 0.15) is 47.8 Å². The predicted octanol–water partition coefficient (Wildman–Crippen LogP) is 5.33. The van der Waals surface area contributed by atoms with Crippen LogP contribution in [0.3, 0.4) is 0 Å². The number of fused-ring (bicyclic) bond motifs is 1. The second-order valence-corrected chi connectivity index (χ2v) is 7.66. The summed E-state index contributed by atoms with van der Waals surface area (Å²) in [7, 11) is 0. The lowest BCUT2D eigenvalue weighted by Gasteiger charge is -2.18. The third-order valence-electron chi connectivity index (χ3n) is 4.29. The zero-order chi connectivity index (χ0) is 16.6. The molecular formula is C20H20O2S. The van der Waals surface area contributed by atoms with E-state index in [0.717, 1.165) is 11.3 Å². The van der Waals surface area contributed by atoms with Crippen molar-refractivity contribution in [3.8, 4) is 0 Å². The molecule has 0 unspecified atom stereocenters. The number of carboxylic acids is 1. The van der Waals surface area contributed by atoms with Crippen LogP contribution in [0.5, 0.6) is 0 Å². The van der Waals surface area contributed by atoms with E-state index >= 15 is 0 Å². The van der Waals surface area contributed by atoms with E-state index in [9.17, 15) is 4.79 Å². The van der Waals surface area contributed by atoms with Crippen molar-refractivity contribution in [1.82, 2.24) is 0 Å². The summed E-state index contributed by atoms with van der Waals surface area (Å²) in [5.74, 6) is 0.237. The Kier molecular flexibility index (Phi) is 4.07. The van der Waals surface area contributed by atoms with Crippen LogP contribution in [0.2, 0.25) is 0 Å². The summed E-state index contributed by atoms with van der Waals surface area (Å²) in [6.45, 7) is 6.68. The highest BCUT2D eigenvalue weighted by molar-refractivity contribution is 7.99. The Morgan fingerprint density at radius 1 is 1.13 bits per heavy atom. The predicted molar refractivity (Wildman–Crippen MR) is 97.1 cm³/mol. The minimum absolute atomic E-state index is 0.222. The topological polar surface area (TPSA) is 37.3 Å². The molecule has 1 aliphatic rings. The summed E-state index contributed by atoms with van der Waals surface area (Å²) in [4.78, 5) is 12.3. The lowest BCUT2D eigenvalue weighted by atomic mass is 9.85. The fraction of sp³-hybridized carbons (Fsp3) is 0.250. The summed E-state index contributed by atoms with van der Waals surface area (Å²) in [5, 5.41) is 8.96. The standard InChI is InChI=1S/C20H20O2S/c1-13(10-14-4-6-15(7-5-14)19(21)22)16-8-9-18-17(11-16)20(2,3)12-23-18/h4-11H,12H2,1-3H3,(H,21,22)/b13-10+. The Morgan fingerprint density at radius 2 is 1.78 bits per heavy atom. The highest BCUT2D eigenvalue weighted by atomic mass is 32.2. The second kappa shape index (κ2) is 5.89. The van der Waals surface area contributed by atoms with Crippen molar-refractivity contribution in [2.75, 3.05) is 5.75 Å². The van der Waals surface area contributed by atoms with E-state index in [1.807, 2.05) is 23.9 Å². The molecule has 0 fully saturated rings. The molecule has 1 N–H and O–H groups in total. The average molecular weight is 324 g/mol. The molecule has 3 heteroatoms. The highest BCUT2D eigenvalue weighted by Gasteiger charge is 2.30. The van der Waals surface area contributed by atoms with Crippen LogP contribution in [-0.2, 0) is 5.41 Å². The summed E-state index contributed by atoms with van der Waals surface area (Å²) in [6, 6.07) is 13.7. The molecule has 2 nitrogen and oxygen atoms in total. The molecule has 0 aliphatic carbocycles. The minimum Gasteiger partial charge on any atom is -0.478 e. The molecule has 0 amide bonds. The van der Waals surface area contributed by atoms with Crippen molar-refractivity contribution < 1.29 is 9.90 Å². The van der Waals surface area contributed by atoms with E-state index in [1.54, 1.807) is 12.1 Å². The van der Waals surface area contributed by atoms with Crippen molar-refractivity contribution in [2.24, 2.45) is 0 Å². The Morgan fingerprint density at radius 3 is 2.43 bits per heavy atom. The Labute approximate surface area is 141 Å². The van der Waals surface area contributed by atoms with Crippen LogP contribution >= 0.6 is 11.8 Å². The molecule has 3 rings (SSSR count). The maximum absolute atomic E-state index is 10.9. The number of allylic oxidation sites excluding steroid dienone is 1. The summed E-state index contributed by atoms with van der Waals surface area (Å²) in [5.41, 5.74) is 5.39. The fourth-order valence-electron chi connectivity index (χ4n) is 2.82. The van der Waals surface area contributed by atoms with Gasteiger partial charge in [0.1, 0.15) is 0 Å². The third-order valence-corrected chi connectivity index (χ3v) is 5.83. The fourth-order valence-corrected chi connectivity index (χ4v) is 4.15. The molecule has 0 bridgehead atoms. The molecule has 0 atom stereocenters. The molecule has 0 saturated heterocycles. The van der Waals surface area contributed by atoms with Crippen LogP contribution < -0.4 is 0 Å². The highest BCUT2D eigenvalue weighted by Crippen LogP contribution is 2.44. The molecule has 0 aromatic heterocycles. The first-order chi connectivity index (χ1) is 10.9. The number of benzene rings is 2. The normalized spacial score (nSPS) is 16.2. The van der Waals surface area contributed by atoms with Crippen molar-refractivity contribution in [3.05, 3.63) is 64.7 Å². The van der Waals surface area contributed by atoms with Gasteiger partial charge in [-0.1, -0.05) is 38.1 Å². The first kappa shape index (κ1) is 15.9. The number of rotatable bonds is 3. The molecule has 1 heterocycles. The van der Waals surface area contributed by atoms with E-state index in [1.165, 1.54) is 21.6 Å². The van der Waals surface area contributed by atoms with Gasteiger partial charge >= 0.3 is 5.97 Å². The van der Waals surface area contributed by atoms with Gasteiger partial charge in [0.15, 0.2) is 0 Å². The number of carbonyl (C=O) groups is 1.